The van der Waals surface area contributed by atoms with Crippen LogP contribution in [0.1, 0.15) is 30.1 Å². The van der Waals surface area contributed by atoms with Crippen LogP contribution in [-0.4, -0.2) is 32.5 Å². The Morgan fingerprint density at radius 2 is 1.96 bits per heavy atom. The quantitative estimate of drug-likeness (QED) is 0.746. The number of halogens is 1. The van der Waals surface area contributed by atoms with E-state index in [4.69, 9.17) is 11.6 Å². The Kier molecular flexibility index (Phi) is 5.90. The lowest BCUT2D eigenvalue weighted by atomic mass is 10.2. The first-order valence-electron chi connectivity index (χ1n) is 8.81. The Balaban J connectivity index is 1.74. The van der Waals surface area contributed by atoms with Crippen LogP contribution in [0.2, 0.25) is 5.02 Å². The van der Waals surface area contributed by atoms with Crippen molar-refractivity contribution in [3.05, 3.63) is 53.1 Å². The molecule has 1 heterocycles. The van der Waals surface area contributed by atoms with Crippen LogP contribution in [0.4, 0.5) is 17.1 Å². The van der Waals surface area contributed by atoms with Crippen LogP contribution in [0.3, 0.4) is 0 Å². The van der Waals surface area contributed by atoms with Crippen LogP contribution in [0, 0.1) is 0 Å². The second-order valence-electron chi connectivity index (χ2n) is 6.36. The molecule has 0 bridgehead atoms. The number of carbonyl (C=O) groups is 2. The molecule has 0 radical (unpaired) electrons. The first kappa shape index (κ1) is 20.2. The molecule has 9 heteroatoms. The Morgan fingerprint density at radius 1 is 1.18 bits per heavy atom. The van der Waals surface area contributed by atoms with E-state index in [1.54, 1.807) is 41.3 Å². The third-order valence-corrected chi connectivity index (χ3v) is 5.96. The van der Waals surface area contributed by atoms with Gasteiger partial charge in [-0.15, -0.1) is 0 Å². The zero-order valence-electron chi connectivity index (χ0n) is 15.2. The maximum Gasteiger partial charge on any atom is 0.255 e. The normalized spacial score (nSPS) is 14.2. The van der Waals surface area contributed by atoms with Gasteiger partial charge < -0.3 is 10.2 Å². The third-order valence-electron chi connectivity index (χ3n) is 4.35. The minimum absolute atomic E-state index is 0.0324. The SMILES string of the molecule is CCS(=O)(=O)Nc1cccc(C(=O)Nc2ccc(N3CCCC3=O)c(Cl)c2)c1. The molecule has 2 N–H and O–H groups in total. The first-order valence-corrected chi connectivity index (χ1v) is 10.8. The monoisotopic (exact) mass is 421 g/mol. The van der Waals surface area contributed by atoms with Crippen LogP contribution >= 0.6 is 11.6 Å². The molecule has 2 aromatic carbocycles. The van der Waals surface area contributed by atoms with Crippen molar-refractivity contribution >= 4 is 50.5 Å². The molecule has 1 saturated heterocycles. The molecule has 0 aliphatic carbocycles. The van der Waals surface area contributed by atoms with Gasteiger partial charge in [0.1, 0.15) is 0 Å². The third kappa shape index (κ3) is 4.63. The summed E-state index contributed by atoms with van der Waals surface area (Å²) in [5.41, 5.74) is 1.71. The molecule has 1 aliphatic rings. The summed E-state index contributed by atoms with van der Waals surface area (Å²) in [6, 6.07) is 11.2. The molecule has 7 nitrogen and oxygen atoms in total. The standard InChI is InChI=1S/C19H20ClN3O4S/c1-2-28(26,27)22-15-6-3-5-13(11-15)19(25)21-14-8-9-17(16(20)12-14)23-10-4-7-18(23)24/h3,5-6,8-9,11-12,22H,2,4,7,10H2,1H3,(H,21,25). The van der Waals surface area contributed by atoms with Gasteiger partial charge in [-0.05, 0) is 49.7 Å². The van der Waals surface area contributed by atoms with Crippen LogP contribution in [0.15, 0.2) is 42.5 Å². The molecule has 0 aromatic heterocycles. The van der Waals surface area contributed by atoms with E-state index in [1.807, 2.05) is 0 Å². The predicted octanol–water partition coefficient (Wildman–Crippen LogP) is 3.48. The van der Waals surface area contributed by atoms with Crippen LogP contribution in [0.5, 0.6) is 0 Å². The van der Waals surface area contributed by atoms with E-state index in [2.05, 4.69) is 10.0 Å². The van der Waals surface area contributed by atoms with E-state index < -0.39 is 15.9 Å². The molecule has 148 valence electrons. The Bertz CT molecular complexity index is 1020. The second-order valence-corrected chi connectivity index (χ2v) is 8.77. The smallest absolute Gasteiger partial charge is 0.255 e. The second kappa shape index (κ2) is 8.20. The fourth-order valence-electron chi connectivity index (χ4n) is 2.89. The van der Waals surface area contributed by atoms with E-state index >= 15 is 0 Å². The van der Waals surface area contributed by atoms with Gasteiger partial charge in [0.15, 0.2) is 0 Å². The van der Waals surface area contributed by atoms with Crippen molar-refractivity contribution in [1.82, 2.24) is 0 Å². The lowest BCUT2D eigenvalue weighted by Crippen LogP contribution is -2.24. The summed E-state index contributed by atoms with van der Waals surface area (Å²) in [5, 5.41) is 3.10. The zero-order chi connectivity index (χ0) is 20.3. The summed E-state index contributed by atoms with van der Waals surface area (Å²) in [6.45, 7) is 2.16. The Morgan fingerprint density at radius 3 is 2.61 bits per heavy atom. The van der Waals surface area contributed by atoms with Crippen molar-refractivity contribution in [2.45, 2.75) is 19.8 Å². The lowest BCUT2D eigenvalue weighted by molar-refractivity contribution is -0.117. The highest BCUT2D eigenvalue weighted by Gasteiger charge is 2.23. The number of nitrogens with zero attached hydrogens (tertiary/aromatic N) is 1. The molecule has 0 unspecified atom stereocenters. The van der Waals surface area contributed by atoms with E-state index in [-0.39, 0.29) is 11.7 Å². The Labute approximate surface area is 168 Å². The van der Waals surface area contributed by atoms with Crippen LogP contribution in [-0.2, 0) is 14.8 Å². The van der Waals surface area contributed by atoms with E-state index in [1.165, 1.54) is 13.0 Å². The summed E-state index contributed by atoms with van der Waals surface area (Å²) in [7, 11) is -3.43. The molecule has 1 aliphatic heterocycles. The number of carbonyl (C=O) groups excluding carboxylic acids is 2. The van der Waals surface area contributed by atoms with Gasteiger partial charge in [0.05, 0.1) is 16.5 Å². The molecule has 0 saturated carbocycles. The Hall–Kier alpha value is -2.58. The van der Waals surface area contributed by atoms with Gasteiger partial charge in [0.25, 0.3) is 5.91 Å². The predicted molar refractivity (Wildman–Crippen MR) is 111 cm³/mol. The number of anilines is 3. The van der Waals surface area contributed by atoms with Crippen molar-refractivity contribution in [2.24, 2.45) is 0 Å². The summed E-state index contributed by atoms with van der Waals surface area (Å²) < 4.78 is 25.8. The molecule has 3 rings (SSSR count). The summed E-state index contributed by atoms with van der Waals surface area (Å²) in [6.07, 6.45) is 1.30. The number of hydrogen-bond acceptors (Lipinski definition) is 4. The maximum absolute atomic E-state index is 12.5. The number of rotatable bonds is 6. The number of sulfonamides is 1. The highest BCUT2D eigenvalue weighted by molar-refractivity contribution is 7.92. The van der Waals surface area contributed by atoms with Crippen molar-refractivity contribution in [2.75, 3.05) is 27.2 Å². The largest absolute Gasteiger partial charge is 0.322 e. The highest BCUT2D eigenvalue weighted by atomic mass is 35.5. The van der Waals surface area contributed by atoms with Crippen molar-refractivity contribution < 1.29 is 18.0 Å². The van der Waals surface area contributed by atoms with Gasteiger partial charge in [0, 0.05) is 29.9 Å². The van der Waals surface area contributed by atoms with Crippen molar-refractivity contribution in [1.29, 1.82) is 0 Å². The van der Waals surface area contributed by atoms with E-state index in [9.17, 15) is 18.0 Å². The van der Waals surface area contributed by atoms with E-state index in [0.717, 1.165) is 6.42 Å². The van der Waals surface area contributed by atoms with Gasteiger partial charge >= 0.3 is 0 Å². The van der Waals surface area contributed by atoms with Crippen molar-refractivity contribution in [3.8, 4) is 0 Å². The maximum atomic E-state index is 12.5. The number of hydrogen-bond donors (Lipinski definition) is 2. The molecular formula is C19H20ClN3O4S. The molecule has 2 aromatic rings. The topological polar surface area (TPSA) is 95.6 Å². The van der Waals surface area contributed by atoms with E-state index in [0.29, 0.717) is 40.6 Å². The minimum Gasteiger partial charge on any atom is -0.322 e. The van der Waals surface area contributed by atoms with Gasteiger partial charge in [-0.1, -0.05) is 17.7 Å². The summed E-state index contributed by atoms with van der Waals surface area (Å²) in [4.78, 5) is 26.0. The molecule has 0 spiro atoms. The zero-order valence-corrected chi connectivity index (χ0v) is 16.8. The summed E-state index contributed by atoms with van der Waals surface area (Å²) in [5.74, 6) is -0.433. The lowest BCUT2D eigenvalue weighted by Gasteiger charge is -2.18. The highest BCUT2D eigenvalue weighted by Crippen LogP contribution is 2.31. The van der Waals surface area contributed by atoms with Gasteiger partial charge in [-0.3, -0.25) is 14.3 Å². The average Bonchev–Trinajstić information content (AvgIpc) is 3.07. The van der Waals surface area contributed by atoms with Gasteiger partial charge in [0.2, 0.25) is 15.9 Å². The first-order chi connectivity index (χ1) is 13.3. The van der Waals surface area contributed by atoms with Gasteiger partial charge in [-0.25, -0.2) is 8.42 Å². The average molecular weight is 422 g/mol. The van der Waals surface area contributed by atoms with Crippen LogP contribution in [0.25, 0.3) is 0 Å². The van der Waals surface area contributed by atoms with Gasteiger partial charge in [-0.2, -0.15) is 0 Å². The van der Waals surface area contributed by atoms with Crippen molar-refractivity contribution in [3.63, 3.8) is 0 Å². The molecule has 2 amide bonds. The van der Waals surface area contributed by atoms with Crippen LogP contribution < -0.4 is 14.9 Å². The molecule has 28 heavy (non-hydrogen) atoms. The fourth-order valence-corrected chi connectivity index (χ4v) is 3.80. The molecular weight excluding hydrogens is 402 g/mol. The number of benzene rings is 2. The molecule has 1 fully saturated rings. The minimum atomic E-state index is -3.43. The summed E-state index contributed by atoms with van der Waals surface area (Å²) >= 11 is 6.30. The number of amides is 2. The molecule has 0 atom stereocenters. The fraction of sp³-hybridized carbons (Fsp3) is 0.263. The number of nitrogens with one attached hydrogen (secondary N) is 2.